The summed E-state index contributed by atoms with van der Waals surface area (Å²) in [5.74, 6) is 0.824. The predicted molar refractivity (Wildman–Crippen MR) is 80.4 cm³/mol. The van der Waals surface area contributed by atoms with Crippen molar-refractivity contribution in [2.24, 2.45) is 0 Å². The third-order valence-electron chi connectivity index (χ3n) is 2.78. The first kappa shape index (κ1) is 14.3. The lowest BCUT2D eigenvalue weighted by atomic mass is 10.1. The molecule has 0 radical (unpaired) electrons. The van der Waals surface area contributed by atoms with Crippen LogP contribution < -0.4 is 0 Å². The summed E-state index contributed by atoms with van der Waals surface area (Å²) in [7, 11) is 0. The number of benzene rings is 1. The number of halogens is 2. The Morgan fingerprint density at radius 2 is 2.16 bits per heavy atom. The highest BCUT2D eigenvalue weighted by atomic mass is 79.9. The fraction of sp³-hybridized carbons (Fsp3) is 0.286. The Morgan fingerprint density at radius 1 is 1.42 bits per heavy atom. The smallest absolute Gasteiger partial charge is 0.144 e. The summed E-state index contributed by atoms with van der Waals surface area (Å²) in [6.07, 6.45) is 0.536. The molecular formula is C14H14BrFN2S. The molecule has 0 fully saturated rings. The van der Waals surface area contributed by atoms with E-state index in [1.165, 1.54) is 12.1 Å². The van der Waals surface area contributed by atoms with Crippen LogP contribution in [0.2, 0.25) is 0 Å². The average Bonchev–Trinajstić information content (AvgIpc) is 2.33. The van der Waals surface area contributed by atoms with E-state index in [0.717, 1.165) is 21.6 Å². The number of nitrogens with one attached hydrogen (secondary N) is 1. The monoisotopic (exact) mass is 340 g/mol. The van der Waals surface area contributed by atoms with Gasteiger partial charge in [-0.1, -0.05) is 38.2 Å². The molecule has 1 N–H and O–H groups in total. The van der Waals surface area contributed by atoms with E-state index in [4.69, 9.17) is 12.2 Å². The van der Waals surface area contributed by atoms with Crippen LogP contribution >= 0.6 is 28.1 Å². The van der Waals surface area contributed by atoms with Gasteiger partial charge in [-0.2, -0.15) is 0 Å². The number of aromatic amines is 1. The quantitative estimate of drug-likeness (QED) is 0.816. The zero-order chi connectivity index (χ0) is 14.0. The number of aromatic nitrogens is 2. The van der Waals surface area contributed by atoms with Crippen LogP contribution in [0, 0.1) is 10.5 Å². The number of rotatable bonds is 3. The normalized spacial score (nSPS) is 11.0. The molecule has 2 nitrogen and oxygen atoms in total. The summed E-state index contributed by atoms with van der Waals surface area (Å²) in [5.41, 5.74) is 1.89. The van der Waals surface area contributed by atoms with Gasteiger partial charge < -0.3 is 4.98 Å². The summed E-state index contributed by atoms with van der Waals surface area (Å²) < 4.78 is 14.5. The van der Waals surface area contributed by atoms with Crippen molar-refractivity contribution in [1.82, 2.24) is 9.97 Å². The Morgan fingerprint density at radius 3 is 2.79 bits per heavy atom. The largest absolute Gasteiger partial charge is 0.346 e. The first-order valence-electron chi connectivity index (χ1n) is 6.00. The second-order valence-corrected chi connectivity index (χ2v) is 5.86. The van der Waals surface area contributed by atoms with Crippen LogP contribution in [-0.4, -0.2) is 9.97 Å². The maximum Gasteiger partial charge on any atom is 0.144 e. The lowest BCUT2D eigenvalue weighted by Gasteiger charge is -2.11. The summed E-state index contributed by atoms with van der Waals surface area (Å²) in [4.78, 5) is 7.60. The zero-order valence-corrected chi connectivity index (χ0v) is 13.1. The van der Waals surface area contributed by atoms with E-state index in [0.29, 0.717) is 17.0 Å². The number of hydrogen-bond acceptors (Lipinski definition) is 2. The second kappa shape index (κ2) is 5.92. The van der Waals surface area contributed by atoms with Crippen molar-refractivity contribution >= 4 is 28.1 Å². The molecule has 0 amide bonds. The van der Waals surface area contributed by atoms with Crippen LogP contribution in [0.5, 0.6) is 0 Å². The Bertz CT molecular complexity index is 652. The molecule has 0 aliphatic rings. The Labute approximate surface area is 125 Å². The average molecular weight is 341 g/mol. The van der Waals surface area contributed by atoms with Crippen LogP contribution in [0.25, 0.3) is 0 Å². The Balaban J connectivity index is 2.39. The third kappa shape index (κ3) is 3.48. The molecular weight excluding hydrogens is 327 g/mol. The van der Waals surface area contributed by atoms with Gasteiger partial charge in [0.2, 0.25) is 0 Å². The molecule has 0 atom stereocenters. The molecule has 0 saturated heterocycles. The molecule has 2 rings (SSSR count). The van der Waals surface area contributed by atoms with Gasteiger partial charge in [-0.25, -0.2) is 9.37 Å². The van der Waals surface area contributed by atoms with Gasteiger partial charge in [0.1, 0.15) is 16.3 Å². The van der Waals surface area contributed by atoms with Crippen molar-refractivity contribution < 1.29 is 4.39 Å². The maximum absolute atomic E-state index is 13.2. The zero-order valence-electron chi connectivity index (χ0n) is 10.7. The fourth-order valence-electron chi connectivity index (χ4n) is 1.85. The molecule has 1 aromatic heterocycles. The summed E-state index contributed by atoms with van der Waals surface area (Å²) in [6, 6.07) is 6.51. The number of H-pyrrole nitrogens is 1. The first-order valence-corrected chi connectivity index (χ1v) is 7.20. The molecule has 0 unspecified atom stereocenters. The SMILES string of the molecule is CC(C)c1[nH]c(Cc2cccc(F)c2)nc(=S)c1Br. The van der Waals surface area contributed by atoms with E-state index in [1.807, 2.05) is 6.07 Å². The van der Waals surface area contributed by atoms with E-state index in [2.05, 4.69) is 39.7 Å². The topological polar surface area (TPSA) is 28.7 Å². The van der Waals surface area contributed by atoms with E-state index in [-0.39, 0.29) is 5.82 Å². The summed E-state index contributed by atoms with van der Waals surface area (Å²) >= 11 is 8.69. The van der Waals surface area contributed by atoms with E-state index in [1.54, 1.807) is 6.07 Å². The van der Waals surface area contributed by atoms with Crippen molar-refractivity contribution in [2.75, 3.05) is 0 Å². The summed E-state index contributed by atoms with van der Waals surface area (Å²) in [6.45, 7) is 4.16. The highest BCUT2D eigenvalue weighted by Crippen LogP contribution is 2.23. The molecule has 19 heavy (non-hydrogen) atoms. The highest BCUT2D eigenvalue weighted by molar-refractivity contribution is 9.10. The van der Waals surface area contributed by atoms with Crippen LogP contribution in [-0.2, 0) is 6.42 Å². The predicted octanol–water partition coefficient (Wildman–Crippen LogP) is 4.75. The summed E-state index contributed by atoms with van der Waals surface area (Å²) in [5, 5.41) is 0. The maximum atomic E-state index is 13.2. The Hall–Kier alpha value is -1.07. The molecule has 0 aliphatic carbocycles. The van der Waals surface area contributed by atoms with Gasteiger partial charge in [0.15, 0.2) is 0 Å². The van der Waals surface area contributed by atoms with E-state index >= 15 is 0 Å². The van der Waals surface area contributed by atoms with Crippen molar-refractivity contribution in [2.45, 2.75) is 26.2 Å². The van der Waals surface area contributed by atoms with Gasteiger partial charge in [0, 0.05) is 12.1 Å². The first-order chi connectivity index (χ1) is 8.97. The van der Waals surface area contributed by atoms with E-state index in [9.17, 15) is 4.39 Å². The highest BCUT2D eigenvalue weighted by Gasteiger charge is 2.10. The molecule has 0 spiro atoms. The standard InChI is InChI=1S/C14H14BrFN2S/c1-8(2)13-12(15)14(19)18-11(17-13)7-9-4-3-5-10(16)6-9/h3-6,8H,7H2,1-2H3,(H,17,18,19). The molecule has 0 saturated carbocycles. The molecule has 0 aliphatic heterocycles. The van der Waals surface area contributed by atoms with Gasteiger partial charge in [-0.15, -0.1) is 0 Å². The second-order valence-electron chi connectivity index (χ2n) is 4.68. The van der Waals surface area contributed by atoms with Crippen LogP contribution in [0.4, 0.5) is 4.39 Å². The van der Waals surface area contributed by atoms with Crippen LogP contribution in [0.3, 0.4) is 0 Å². The molecule has 5 heteroatoms. The van der Waals surface area contributed by atoms with Gasteiger partial charge in [-0.05, 0) is 39.5 Å². The van der Waals surface area contributed by atoms with Crippen molar-refractivity contribution in [1.29, 1.82) is 0 Å². The number of hydrogen-bond donors (Lipinski definition) is 1. The third-order valence-corrected chi connectivity index (χ3v) is 4.14. The molecule has 2 aromatic rings. The molecule has 0 bridgehead atoms. The fourth-order valence-corrected chi connectivity index (χ4v) is 2.71. The molecule has 1 aromatic carbocycles. The molecule has 100 valence electrons. The lowest BCUT2D eigenvalue weighted by molar-refractivity contribution is 0.625. The number of nitrogens with zero attached hydrogens (tertiary/aromatic N) is 1. The minimum absolute atomic E-state index is 0.239. The lowest BCUT2D eigenvalue weighted by Crippen LogP contribution is -2.04. The van der Waals surface area contributed by atoms with Gasteiger partial charge >= 0.3 is 0 Å². The van der Waals surface area contributed by atoms with Crippen LogP contribution in [0.15, 0.2) is 28.7 Å². The molecule has 1 heterocycles. The van der Waals surface area contributed by atoms with Crippen LogP contribution in [0.1, 0.15) is 36.8 Å². The Kier molecular flexibility index (Phi) is 4.47. The van der Waals surface area contributed by atoms with Gasteiger partial charge in [-0.3, -0.25) is 0 Å². The van der Waals surface area contributed by atoms with E-state index < -0.39 is 0 Å². The van der Waals surface area contributed by atoms with Crippen molar-refractivity contribution in [3.63, 3.8) is 0 Å². The van der Waals surface area contributed by atoms with Crippen molar-refractivity contribution in [3.05, 3.63) is 56.3 Å². The minimum Gasteiger partial charge on any atom is -0.346 e. The minimum atomic E-state index is -0.239. The van der Waals surface area contributed by atoms with Gasteiger partial charge in [0.05, 0.1) is 4.47 Å². The van der Waals surface area contributed by atoms with Crippen molar-refractivity contribution in [3.8, 4) is 0 Å². The van der Waals surface area contributed by atoms with Gasteiger partial charge in [0.25, 0.3) is 0 Å².